The molecule has 0 bridgehead atoms. The van der Waals surface area contributed by atoms with Crippen LogP contribution in [0.5, 0.6) is 0 Å². The summed E-state index contributed by atoms with van der Waals surface area (Å²) in [4.78, 5) is 14.7. The van der Waals surface area contributed by atoms with E-state index in [1.807, 2.05) is 73.1 Å². The Labute approximate surface area is 192 Å². The molecule has 1 amide bonds. The Bertz CT molecular complexity index is 996. The van der Waals surface area contributed by atoms with Gasteiger partial charge in [0, 0.05) is 39.4 Å². The predicted octanol–water partition coefficient (Wildman–Crippen LogP) is 4.77. The zero-order chi connectivity index (χ0) is 22.2. The van der Waals surface area contributed by atoms with Crippen LogP contribution in [-0.2, 0) is 22.6 Å². The smallest absolute Gasteiger partial charge is 0.235 e. The number of hydrogen-bond acceptors (Lipinski definition) is 5. The molecule has 31 heavy (non-hydrogen) atoms. The van der Waals surface area contributed by atoms with Crippen LogP contribution in [0.1, 0.15) is 18.9 Å². The second-order valence-electron chi connectivity index (χ2n) is 7.22. The number of amides is 1. The van der Waals surface area contributed by atoms with Gasteiger partial charge in [-0.2, -0.15) is 0 Å². The van der Waals surface area contributed by atoms with Gasteiger partial charge in [0.2, 0.25) is 5.91 Å². The Morgan fingerprint density at radius 2 is 1.87 bits per heavy atom. The molecule has 1 heterocycles. The van der Waals surface area contributed by atoms with Crippen LogP contribution in [0.2, 0.25) is 5.02 Å². The summed E-state index contributed by atoms with van der Waals surface area (Å²) in [5.41, 5.74) is 1.92. The third kappa shape index (κ3) is 6.09. The van der Waals surface area contributed by atoms with E-state index in [2.05, 4.69) is 10.2 Å². The van der Waals surface area contributed by atoms with Crippen molar-refractivity contribution in [3.05, 3.63) is 65.2 Å². The van der Waals surface area contributed by atoms with Gasteiger partial charge in [-0.25, -0.2) is 0 Å². The fraction of sp³-hybridized carbons (Fsp3) is 0.348. The molecule has 0 aliphatic carbocycles. The number of carbonyl (C=O) groups is 1. The minimum Gasteiger partial charge on any atom is -0.385 e. The second kappa shape index (κ2) is 11.3. The van der Waals surface area contributed by atoms with Crippen LogP contribution in [0, 0.1) is 0 Å². The largest absolute Gasteiger partial charge is 0.385 e. The lowest BCUT2D eigenvalue weighted by atomic mass is 10.2. The molecule has 1 unspecified atom stereocenters. The minimum absolute atomic E-state index is 0.0413. The normalized spacial score (nSPS) is 12.0. The highest BCUT2D eigenvalue weighted by molar-refractivity contribution is 8.00. The number of carbonyl (C=O) groups excluding carboxylic acids is 1. The van der Waals surface area contributed by atoms with Crippen molar-refractivity contribution in [2.24, 2.45) is 0 Å². The summed E-state index contributed by atoms with van der Waals surface area (Å²) in [5.74, 6) is 0.737. The van der Waals surface area contributed by atoms with E-state index in [1.54, 1.807) is 12.0 Å². The van der Waals surface area contributed by atoms with Crippen molar-refractivity contribution >= 4 is 29.3 Å². The van der Waals surface area contributed by atoms with Gasteiger partial charge in [0.15, 0.2) is 11.0 Å². The summed E-state index contributed by atoms with van der Waals surface area (Å²) in [5, 5.41) is 9.78. The maximum atomic E-state index is 13.0. The SMILES string of the molecule is COCCCn1c(SC(C)C(=O)N(C)Cc2ccccc2)nnc1-c1ccccc1Cl. The number of ether oxygens (including phenoxy) is 1. The number of methoxy groups -OCH3 is 1. The Hall–Kier alpha value is -2.35. The van der Waals surface area contributed by atoms with Crippen molar-refractivity contribution in [3.63, 3.8) is 0 Å². The van der Waals surface area contributed by atoms with Crippen LogP contribution in [0.4, 0.5) is 0 Å². The zero-order valence-electron chi connectivity index (χ0n) is 18.0. The average Bonchev–Trinajstić information content (AvgIpc) is 3.16. The zero-order valence-corrected chi connectivity index (χ0v) is 19.6. The monoisotopic (exact) mass is 458 g/mol. The van der Waals surface area contributed by atoms with E-state index in [-0.39, 0.29) is 11.2 Å². The van der Waals surface area contributed by atoms with E-state index in [0.717, 1.165) is 17.5 Å². The maximum absolute atomic E-state index is 13.0. The molecule has 1 atom stereocenters. The molecule has 164 valence electrons. The molecule has 0 spiro atoms. The summed E-state index contributed by atoms with van der Waals surface area (Å²) < 4.78 is 7.23. The molecule has 0 aliphatic rings. The van der Waals surface area contributed by atoms with E-state index in [4.69, 9.17) is 16.3 Å². The van der Waals surface area contributed by atoms with Gasteiger partial charge in [-0.1, -0.05) is 65.8 Å². The van der Waals surface area contributed by atoms with Crippen molar-refractivity contribution in [3.8, 4) is 11.4 Å². The molecular formula is C23H27ClN4O2S. The molecule has 8 heteroatoms. The van der Waals surface area contributed by atoms with Crippen LogP contribution in [0.15, 0.2) is 59.8 Å². The molecule has 0 saturated carbocycles. The fourth-order valence-electron chi connectivity index (χ4n) is 3.24. The number of hydrogen-bond donors (Lipinski definition) is 0. The summed E-state index contributed by atoms with van der Waals surface area (Å²) in [6, 6.07) is 17.5. The average molecular weight is 459 g/mol. The van der Waals surface area contributed by atoms with Crippen molar-refractivity contribution < 1.29 is 9.53 Å². The van der Waals surface area contributed by atoms with E-state index in [9.17, 15) is 4.79 Å². The summed E-state index contributed by atoms with van der Waals surface area (Å²) in [7, 11) is 3.50. The quantitative estimate of drug-likeness (QED) is 0.323. The standard InChI is InChI=1S/C23H27ClN4O2S/c1-17(22(29)27(2)16-18-10-5-4-6-11-18)31-23-26-25-21(28(23)14-9-15-30-3)19-12-7-8-13-20(19)24/h4-8,10-13,17H,9,14-16H2,1-3H3. The first kappa shape index (κ1) is 23.3. The highest BCUT2D eigenvalue weighted by Gasteiger charge is 2.23. The van der Waals surface area contributed by atoms with E-state index < -0.39 is 0 Å². The molecule has 0 radical (unpaired) electrons. The van der Waals surface area contributed by atoms with Crippen LogP contribution in [0.3, 0.4) is 0 Å². The van der Waals surface area contributed by atoms with E-state index in [0.29, 0.717) is 35.7 Å². The van der Waals surface area contributed by atoms with Gasteiger partial charge in [0.1, 0.15) is 0 Å². The first-order valence-electron chi connectivity index (χ1n) is 10.1. The Kier molecular flexibility index (Phi) is 8.51. The lowest BCUT2D eigenvalue weighted by Crippen LogP contribution is -2.33. The van der Waals surface area contributed by atoms with Gasteiger partial charge >= 0.3 is 0 Å². The molecule has 0 saturated heterocycles. The van der Waals surface area contributed by atoms with Crippen LogP contribution in [0.25, 0.3) is 11.4 Å². The highest BCUT2D eigenvalue weighted by atomic mass is 35.5. The number of thioether (sulfide) groups is 1. The van der Waals surface area contributed by atoms with Crippen molar-refractivity contribution in [1.82, 2.24) is 19.7 Å². The molecule has 1 aromatic heterocycles. The van der Waals surface area contributed by atoms with E-state index >= 15 is 0 Å². The number of benzene rings is 2. The Morgan fingerprint density at radius 3 is 2.58 bits per heavy atom. The van der Waals surface area contributed by atoms with Crippen molar-refractivity contribution in [2.75, 3.05) is 20.8 Å². The van der Waals surface area contributed by atoms with Crippen LogP contribution < -0.4 is 0 Å². The molecule has 0 aliphatic heterocycles. The molecule has 3 rings (SSSR count). The topological polar surface area (TPSA) is 60.2 Å². The first-order valence-corrected chi connectivity index (χ1v) is 11.4. The Balaban J connectivity index is 1.78. The highest BCUT2D eigenvalue weighted by Crippen LogP contribution is 2.31. The van der Waals surface area contributed by atoms with Crippen molar-refractivity contribution in [1.29, 1.82) is 0 Å². The van der Waals surface area contributed by atoms with Gasteiger partial charge in [-0.15, -0.1) is 10.2 Å². The number of rotatable bonds is 10. The van der Waals surface area contributed by atoms with Gasteiger partial charge < -0.3 is 14.2 Å². The predicted molar refractivity (Wildman–Crippen MR) is 125 cm³/mol. The van der Waals surface area contributed by atoms with Gasteiger partial charge in [-0.05, 0) is 31.0 Å². The maximum Gasteiger partial charge on any atom is 0.235 e. The minimum atomic E-state index is -0.307. The molecule has 3 aromatic rings. The number of aromatic nitrogens is 3. The molecule has 6 nitrogen and oxygen atoms in total. The van der Waals surface area contributed by atoms with E-state index in [1.165, 1.54) is 11.8 Å². The molecule has 0 fully saturated rings. The third-order valence-electron chi connectivity index (χ3n) is 4.83. The molecule has 2 aromatic carbocycles. The van der Waals surface area contributed by atoms with Gasteiger partial charge in [0.25, 0.3) is 0 Å². The lowest BCUT2D eigenvalue weighted by molar-refractivity contribution is -0.129. The van der Waals surface area contributed by atoms with Gasteiger partial charge in [0.05, 0.1) is 10.3 Å². The number of halogens is 1. The summed E-state index contributed by atoms with van der Waals surface area (Å²) in [6.45, 7) is 3.76. The molecular weight excluding hydrogens is 432 g/mol. The van der Waals surface area contributed by atoms with Crippen LogP contribution in [-0.4, -0.2) is 51.6 Å². The number of nitrogens with zero attached hydrogens (tertiary/aromatic N) is 4. The lowest BCUT2D eigenvalue weighted by Gasteiger charge is -2.21. The summed E-state index contributed by atoms with van der Waals surface area (Å²) in [6.07, 6.45) is 0.801. The molecule has 0 N–H and O–H groups in total. The van der Waals surface area contributed by atoms with Crippen LogP contribution >= 0.6 is 23.4 Å². The first-order chi connectivity index (χ1) is 15.0. The third-order valence-corrected chi connectivity index (χ3v) is 6.23. The second-order valence-corrected chi connectivity index (χ2v) is 8.94. The summed E-state index contributed by atoms with van der Waals surface area (Å²) >= 11 is 7.81. The van der Waals surface area contributed by atoms with Crippen molar-refractivity contribution in [2.45, 2.75) is 36.8 Å². The fourth-order valence-corrected chi connectivity index (χ4v) is 4.45. The Morgan fingerprint density at radius 1 is 1.16 bits per heavy atom. The van der Waals surface area contributed by atoms with Gasteiger partial charge in [-0.3, -0.25) is 4.79 Å².